The van der Waals surface area contributed by atoms with Crippen LogP contribution in [0.3, 0.4) is 0 Å². The van der Waals surface area contributed by atoms with Gasteiger partial charge >= 0.3 is 6.09 Å². The summed E-state index contributed by atoms with van der Waals surface area (Å²) in [5, 5.41) is 13.6. The molecule has 1 amide bonds. The lowest BCUT2D eigenvalue weighted by molar-refractivity contribution is -0.318. The van der Waals surface area contributed by atoms with Gasteiger partial charge in [0, 0.05) is 19.8 Å². The Morgan fingerprint density at radius 1 is 1.03 bits per heavy atom. The molecule has 1 aromatic carbocycles. The van der Waals surface area contributed by atoms with E-state index in [9.17, 15) is 14.3 Å². The molecule has 1 aromatic rings. The van der Waals surface area contributed by atoms with E-state index in [0.717, 1.165) is 31.2 Å². The van der Waals surface area contributed by atoms with E-state index in [-0.39, 0.29) is 19.0 Å². The molecule has 0 aliphatic carbocycles. The van der Waals surface area contributed by atoms with Crippen molar-refractivity contribution in [1.29, 1.82) is 0 Å². The summed E-state index contributed by atoms with van der Waals surface area (Å²) in [6.07, 6.45) is -1.51. The topological polar surface area (TPSA) is 95.5 Å². The number of amides is 1. The number of ether oxygens (including phenoxy) is 5. The van der Waals surface area contributed by atoms with Crippen molar-refractivity contribution in [2.45, 2.75) is 83.8 Å². The third kappa shape index (κ3) is 9.17. The van der Waals surface area contributed by atoms with E-state index in [1.165, 1.54) is 12.1 Å². The van der Waals surface area contributed by atoms with E-state index >= 15 is 0 Å². The van der Waals surface area contributed by atoms with Crippen molar-refractivity contribution in [3.63, 3.8) is 0 Å². The van der Waals surface area contributed by atoms with Crippen LogP contribution in [0.15, 0.2) is 24.3 Å². The van der Waals surface area contributed by atoms with E-state index in [1.807, 2.05) is 13.8 Å². The van der Waals surface area contributed by atoms with Crippen LogP contribution in [0.25, 0.3) is 0 Å². The van der Waals surface area contributed by atoms with Gasteiger partial charge in [-0.25, -0.2) is 9.18 Å². The SMILES string of the molecule is CCCCO[C@@H]1O[C@H](COC(=O)NCCC)[C@@H](O)[C@H](OCCC)[C@H]1OCc1ccc(F)cc1. The van der Waals surface area contributed by atoms with Crippen LogP contribution in [-0.2, 0) is 30.3 Å². The average Bonchev–Trinajstić information content (AvgIpc) is 2.82. The molecule has 9 heteroatoms. The van der Waals surface area contributed by atoms with Crippen LogP contribution in [0.1, 0.15) is 52.0 Å². The summed E-state index contributed by atoms with van der Waals surface area (Å²) >= 11 is 0. The van der Waals surface area contributed by atoms with Gasteiger partial charge in [-0.1, -0.05) is 39.3 Å². The lowest BCUT2D eigenvalue weighted by Gasteiger charge is -2.44. The molecular weight excluding hydrogens is 433 g/mol. The van der Waals surface area contributed by atoms with E-state index < -0.39 is 36.8 Å². The predicted octanol–water partition coefficient (Wildman–Crippen LogP) is 3.54. The average molecular weight is 472 g/mol. The lowest BCUT2D eigenvalue weighted by atomic mass is 9.98. The summed E-state index contributed by atoms with van der Waals surface area (Å²) in [6, 6.07) is 6.00. The molecule has 0 radical (unpaired) electrons. The van der Waals surface area contributed by atoms with Crippen molar-refractivity contribution >= 4 is 6.09 Å². The number of aliphatic hydroxyl groups is 1. The van der Waals surface area contributed by atoms with E-state index in [1.54, 1.807) is 12.1 Å². The molecular formula is C24H38FNO7. The van der Waals surface area contributed by atoms with Crippen LogP contribution in [-0.4, -0.2) is 68.3 Å². The number of rotatable bonds is 14. The first-order valence-corrected chi connectivity index (χ1v) is 11.8. The van der Waals surface area contributed by atoms with Crippen molar-refractivity contribution in [2.24, 2.45) is 0 Å². The maximum absolute atomic E-state index is 13.2. The summed E-state index contributed by atoms with van der Waals surface area (Å²) in [5.74, 6) is -0.328. The Balaban J connectivity index is 2.12. The molecule has 188 valence electrons. The van der Waals surface area contributed by atoms with Gasteiger partial charge in [-0.3, -0.25) is 0 Å². The molecule has 2 rings (SSSR count). The molecule has 0 bridgehead atoms. The number of unbranched alkanes of at least 4 members (excludes halogenated alkanes) is 1. The molecule has 5 atom stereocenters. The van der Waals surface area contributed by atoms with Crippen LogP contribution in [0.5, 0.6) is 0 Å². The standard InChI is InChI=1S/C24H38FNO7/c1-4-7-14-30-23-22(31-15-17-8-10-18(25)11-9-17)21(29-13-6-3)20(27)19(33-23)16-32-24(28)26-12-5-2/h8-11,19-23,27H,4-7,12-16H2,1-3H3,(H,26,28)/t19-,20-,21+,22-,23-/m1/s1. The van der Waals surface area contributed by atoms with Crippen molar-refractivity contribution in [1.82, 2.24) is 5.32 Å². The number of carbonyl (C=O) groups is 1. The number of nitrogens with one attached hydrogen (secondary N) is 1. The summed E-state index contributed by atoms with van der Waals surface area (Å²) in [5.41, 5.74) is 0.769. The highest BCUT2D eigenvalue weighted by molar-refractivity contribution is 5.67. The Labute approximate surface area is 195 Å². The second-order valence-corrected chi connectivity index (χ2v) is 8.02. The zero-order valence-corrected chi connectivity index (χ0v) is 19.8. The number of benzene rings is 1. The maximum atomic E-state index is 13.2. The number of carbonyl (C=O) groups excluding carboxylic acids is 1. The fourth-order valence-electron chi connectivity index (χ4n) is 3.34. The Hall–Kier alpha value is -1.78. The van der Waals surface area contributed by atoms with Crippen molar-refractivity contribution < 1.29 is 38.0 Å². The monoisotopic (exact) mass is 471 g/mol. The number of halogens is 1. The molecule has 0 aromatic heterocycles. The quantitative estimate of drug-likeness (QED) is 0.401. The third-order valence-electron chi connectivity index (χ3n) is 5.17. The minimum absolute atomic E-state index is 0.152. The highest BCUT2D eigenvalue weighted by Gasteiger charge is 2.47. The number of alkyl carbamates (subject to hydrolysis) is 1. The summed E-state index contributed by atoms with van der Waals surface area (Å²) in [6.45, 7) is 7.32. The van der Waals surface area contributed by atoms with Gasteiger partial charge in [-0.2, -0.15) is 0 Å². The van der Waals surface area contributed by atoms with Gasteiger partial charge in [0.25, 0.3) is 0 Å². The molecule has 1 saturated heterocycles. The largest absolute Gasteiger partial charge is 0.447 e. The lowest BCUT2D eigenvalue weighted by Crippen LogP contribution is -2.61. The van der Waals surface area contributed by atoms with Gasteiger partial charge in [0.2, 0.25) is 0 Å². The Kier molecular flexibility index (Phi) is 12.6. The maximum Gasteiger partial charge on any atom is 0.407 e. The third-order valence-corrected chi connectivity index (χ3v) is 5.17. The van der Waals surface area contributed by atoms with Crippen molar-refractivity contribution in [2.75, 3.05) is 26.4 Å². The highest BCUT2D eigenvalue weighted by Crippen LogP contribution is 2.28. The Bertz CT molecular complexity index is 675. The molecule has 0 saturated carbocycles. The molecule has 1 heterocycles. The minimum Gasteiger partial charge on any atom is -0.447 e. The molecule has 8 nitrogen and oxygen atoms in total. The first-order chi connectivity index (χ1) is 16.0. The molecule has 33 heavy (non-hydrogen) atoms. The fraction of sp³-hybridized carbons (Fsp3) is 0.708. The van der Waals surface area contributed by atoms with Crippen LogP contribution >= 0.6 is 0 Å². The van der Waals surface area contributed by atoms with E-state index in [4.69, 9.17) is 23.7 Å². The minimum atomic E-state index is -1.10. The van der Waals surface area contributed by atoms with Gasteiger partial charge in [-0.15, -0.1) is 0 Å². The molecule has 2 N–H and O–H groups in total. The van der Waals surface area contributed by atoms with Gasteiger partial charge < -0.3 is 34.1 Å². The summed E-state index contributed by atoms with van der Waals surface area (Å²) < 4.78 is 42.4. The van der Waals surface area contributed by atoms with Gasteiger partial charge in [0.1, 0.15) is 36.8 Å². The van der Waals surface area contributed by atoms with E-state index in [2.05, 4.69) is 12.2 Å². The first kappa shape index (κ1) is 27.5. The normalized spacial score (nSPS) is 25.1. The summed E-state index contributed by atoms with van der Waals surface area (Å²) in [7, 11) is 0. The number of hydrogen-bond donors (Lipinski definition) is 2. The Morgan fingerprint density at radius 3 is 2.45 bits per heavy atom. The molecule has 1 aliphatic rings. The molecule has 1 fully saturated rings. The summed E-state index contributed by atoms with van der Waals surface area (Å²) in [4.78, 5) is 11.9. The molecule has 1 aliphatic heterocycles. The van der Waals surface area contributed by atoms with Gasteiger partial charge in [0.05, 0.1) is 6.61 Å². The van der Waals surface area contributed by atoms with Crippen LogP contribution in [0, 0.1) is 5.82 Å². The first-order valence-electron chi connectivity index (χ1n) is 11.8. The van der Waals surface area contributed by atoms with Gasteiger partial charge in [-0.05, 0) is 37.0 Å². The Morgan fingerprint density at radius 2 is 1.79 bits per heavy atom. The zero-order valence-electron chi connectivity index (χ0n) is 19.8. The predicted molar refractivity (Wildman–Crippen MR) is 120 cm³/mol. The number of hydrogen-bond acceptors (Lipinski definition) is 7. The second kappa shape index (κ2) is 15.2. The van der Waals surface area contributed by atoms with Crippen LogP contribution in [0.4, 0.5) is 9.18 Å². The fourth-order valence-corrected chi connectivity index (χ4v) is 3.34. The second-order valence-electron chi connectivity index (χ2n) is 8.02. The molecule has 0 spiro atoms. The zero-order chi connectivity index (χ0) is 24.1. The molecule has 0 unspecified atom stereocenters. The van der Waals surface area contributed by atoms with Crippen molar-refractivity contribution in [3.8, 4) is 0 Å². The number of aliphatic hydroxyl groups excluding tert-OH is 1. The van der Waals surface area contributed by atoms with Crippen molar-refractivity contribution in [3.05, 3.63) is 35.6 Å². The van der Waals surface area contributed by atoms with Gasteiger partial charge in [0.15, 0.2) is 6.29 Å². The highest BCUT2D eigenvalue weighted by atomic mass is 19.1. The van der Waals surface area contributed by atoms with Crippen LogP contribution < -0.4 is 5.32 Å². The van der Waals surface area contributed by atoms with E-state index in [0.29, 0.717) is 19.8 Å². The smallest absolute Gasteiger partial charge is 0.407 e. The van der Waals surface area contributed by atoms with Crippen LogP contribution in [0.2, 0.25) is 0 Å².